The zero-order valence-electron chi connectivity index (χ0n) is 11.0. The molecule has 0 atom stereocenters. The second kappa shape index (κ2) is 6.77. The molecular formula is C12H21ClN4. The molecule has 0 aromatic carbocycles. The lowest BCUT2D eigenvalue weighted by Gasteiger charge is -2.11. The number of hydrogen-bond donors (Lipinski definition) is 1. The van der Waals surface area contributed by atoms with E-state index >= 15 is 0 Å². The molecule has 1 heterocycles. The normalized spacial score (nSPS) is 10.9. The highest BCUT2D eigenvalue weighted by Gasteiger charge is 2.05. The molecule has 0 unspecified atom stereocenters. The van der Waals surface area contributed by atoms with Gasteiger partial charge in [0, 0.05) is 6.54 Å². The molecule has 0 aliphatic heterocycles. The maximum absolute atomic E-state index is 6.02. The fraction of sp³-hybridized carbons (Fsp3) is 0.667. The van der Waals surface area contributed by atoms with Crippen LogP contribution in [0.25, 0.3) is 0 Å². The molecule has 1 aromatic heterocycles. The van der Waals surface area contributed by atoms with E-state index in [1.54, 1.807) is 0 Å². The van der Waals surface area contributed by atoms with E-state index in [4.69, 9.17) is 11.6 Å². The van der Waals surface area contributed by atoms with Gasteiger partial charge in [0.25, 0.3) is 0 Å². The minimum Gasteiger partial charge on any atom is -0.368 e. The lowest BCUT2D eigenvalue weighted by atomic mass is 10.3. The number of nitrogens with zero attached hydrogens (tertiary/aromatic N) is 3. The number of aromatic nitrogens is 2. The molecular weight excluding hydrogens is 236 g/mol. The third kappa shape index (κ3) is 4.88. The summed E-state index contributed by atoms with van der Waals surface area (Å²) in [5.74, 6) is 0.694. The number of nitrogens with one attached hydrogen (secondary N) is 1. The Kier molecular flexibility index (Phi) is 5.65. The molecule has 0 aliphatic carbocycles. The molecule has 96 valence electrons. The molecule has 0 saturated heterocycles. The molecule has 0 fully saturated rings. The summed E-state index contributed by atoms with van der Waals surface area (Å²) in [7, 11) is 4.16. The van der Waals surface area contributed by atoms with Crippen LogP contribution in [0.3, 0.4) is 0 Å². The maximum atomic E-state index is 6.02. The molecule has 0 spiro atoms. The summed E-state index contributed by atoms with van der Waals surface area (Å²) in [4.78, 5) is 10.8. The molecule has 0 saturated carbocycles. The van der Waals surface area contributed by atoms with Crippen molar-refractivity contribution in [3.63, 3.8) is 0 Å². The monoisotopic (exact) mass is 256 g/mol. The van der Waals surface area contributed by atoms with Crippen molar-refractivity contribution >= 4 is 17.4 Å². The van der Waals surface area contributed by atoms with Crippen molar-refractivity contribution in [1.29, 1.82) is 0 Å². The van der Waals surface area contributed by atoms with E-state index in [1.807, 2.05) is 13.8 Å². The zero-order valence-corrected chi connectivity index (χ0v) is 11.8. The molecule has 0 bridgehead atoms. The van der Waals surface area contributed by atoms with Crippen molar-refractivity contribution in [2.45, 2.75) is 26.7 Å². The predicted octanol–water partition coefficient (Wildman–Crippen LogP) is 2.50. The van der Waals surface area contributed by atoms with Gasteiger partial charge in [0.05, 0.1) is 11.4 Å². The van der Waals surface area contributed by atoms with Gasteiger partial charge in [-0.2, -0.15) is 0 Å². The van der Waals surface area contributed by atoms with Gasteiger partial charge >= 0.3 is 0 Å². The topological polar surface area (TPSA) is 41.1 Å². The minimum absolute atomic E-state index is 0.459. The molecule has 0 amide bonds. The highest BCUT2D eigenvalue weighted by Crippen LogP contribution is 2.18. The van der Waals surface area contributed by atoms with Crippen molar-refractivity contribution in [3.05, 3.63) is 16.5 Å². The van der Waals surface area contributed by atoms with Crippen LogP contribution in [0.4, 0.5) is 5.82 Å². The lowest BCUT2D eigenvalue weighted by Crippen LogP contribution is -2.14. The molecule has 1 N–H and O–H groups in total. The highest BCUT2D eigenvalue weighted by molar-refractivity contribution is 6.31. The van der Waals surface area contributed by atoms with Crippen molar-refractivity contribution in [1.82, 2.24) is 14.9 Å². The van der Waals surface area contributed by atoms with E-state index < -0.39 is 0 Å². The number of unbranched alkanes of at least 4 members (excludes halogenated alkanes) is 1. The Morgan fingerprint density at radius 1 is 1.12 bits per heavy atom. The van der Waals surface area contributed by atoms with Crippen LogP contribution >= 0.6 is 11.6 Å². The first-order chi connectivity index (χ1) is 8.00. The van der Waals surface area contributed by atoms with Crippen LogP contribution in [0.2, 0.25) is 5.15 Å². The summed E-state index contributed by atoms with van der Waals surface area (Å²) in [5.41, 5.74) is 1.80. The first-order valence-electron chi connectivity index (χ1n) is 5.90. The smallest absolute Gasteiger partial charge is 0.171 e. The van der Waals surface area contributed by atoms with Crippen LogP contribution in [0, 0.1) is 13.8 Å². The van der Waals surface area contributed by atoms with Gasteiger partial charge in [-0.1, -0.05) is 11.6 Å². The number of hydrogen-bond acceptors (Lipinski definition) is 4. The Hall–Kier alpha value is -0.870. The summed E-state index contributed by atoms with van der Waals surface area (Å²) >= 11 is 6.02. The van der Waals surface area contributed by atoms with Gasteiger partial charge in [0.15, 0.2) is 11.0 Å². The molecule has 0 radical (unpaired) electrons. The summed E-state index contributed by atoms with van der Waals surface area (Å²) in [5, 5.41) is 3.69. The van der Waals surface area contributed by atoms with Gasteiger partial charge in [0.1, 0.15) is 0 Å². The number of halogens is 1. The SMILES string of the molecule is Cc1nc(Cl)c(NCCCCN(C)C)nc1C. The summed E-state index contributed by atoms with van der Waals surface area (Å²) in [6.07, 6.45) is 2.26. The van der Waals surface area contributed by atoms with E-state index in [0.29, 0.717) is 11.0 Å². The van der Waals surface area contributed by atoms with Gasteiger partial charge in [0.2, 0.25) is 0 Å². The predicted molar refractivity (Wildman–Crippen MR) is 72.8 cm³/mol. The minimum atomic E-state index is 0.459. The average molecular weight is 257 g/mol. The summed E-state index contributed by atoms with van der Waals surface area (Å²) in [6.45, 7) is 5.84. The lowest BCUT2D eigenvalue weighted by molar-refractivity contribution is 0.396. The first kappa shape index (κ1) is 14.2. The van der Waals surface area contributed by atoms with Crippen LogP contribution in [-0.2, 0) is 0 Å². The van der Waals surface area contributed by atoms with Gasteiger partial charge in [-0.3, -0.25) is 0 Å². The van der Waals surface area contributed by atoms with Gasteiger partial charge in [-0.05, 0) is 47.3 Å². The van der Waals surface area contributed by atoms with E-state index in [9.17, 15) is 0 Å². The standard InChI is InChI=1S/C12H21ClN4/c1-9-10(2)16-12(11(13)15-9)14-7-5-6-8-17(3)4/h5-8H2,1-4H3,(H,14,16). The Balaban J connectivity index is 2.39. The third-order valence-electron chi connectivity index (χ3n) is 2.59. The first-order valence-corrected chi connectivity index (χ1v) is 6.28. The van der Waals surface area contributed by atoms with Gasteiger partial charge in [-0.15, -0.1) is 0 Å². The van der Waals surface area contributed by atoms with Crippen molar-refractivity contribution < 1.29 is 0 Å². The Morgan fingerprint density at radius 3 is 2.41 bits per heavy atom. The summed E-state index contributed by atoms with van der Waals surface area (Å²) < 4.78 is 0. The van der Waals surface area contributed by atoms with Crippen LogP contribution in [-0.4, -0.2) is 42.1 Å². The van der Waals surface area contributed by atoms with E-state index in [0.717, 1.165) is 37.3 Å². The molecule has 5 heteroatoms. The molecule has 1 rings (SSSR count). The highest BCUT2D eigenvalue weighted by atomic mass is 35.5. The van der Waals surface area contributed by atoms with Gasteiger partial charge in [-0.25, -0.2) is 9.97 Å². The van der Waals surface area contributed by atoms with Crippen molar-refractivity contribution in [2.24, 2.45) is 0 Å². The van der Waals surface area contributed by atoms with Crippen LogP contribution in [0.1, 0.15) is 24.2 Å². The van der Waals surface area contributed by atoms with Crippen molar-refractivity contribution in [3.8, 4) is 0 Å². The second-order valence-electron chi connectivity index (χ2n) is 4.47. The number of aryl methyl sites for hydroxylation is 2. The summed E-state index contributed by atoms with van der Waals surface area (Å²) in [6, 6.07) is 0. The molecule has 4 nitrogen and oxygen atoms in total. The van der Waals surface area contributed by atoms with Gasteiger partial charge < -0.3 is 10.2 Å². The molecule has 0 aliphatic rings. The van der Waals surface area contributed by atoms with E-state index in [1.165, 1.54) is 0 Å². The van der Waals surface area contributed by atoms with Crippen LogP contribution in [0.15, 0.2) is 0 Å². The Labute approximate surface area is 108 Å². The number of rotatable bonds is 6. The maximum Gasteiger partial charge on any atom is 0.171 e. The van der Waals surface area contributed by atoms with Crippen LogP contribution in [0.5, 0.6) is 0 Å². The Bertz CT molecular complexity index is 366. The largest absolute Gasteiger partial charge is 0.368 e. The second-order valence-corrected chi connectivity index (χ2v) is 4.83. The zero-order chi connectivity index (χ0) is 12.8. The number of anilines is 1. The molecule has 17 heavy (non-hydrogen) atoms. The fourth-order valence-corrected chi connectivity index (χ4v) is 1.68. The quantitative estimate of drug-likeness (QED) is 0.794. The fourth-order valence-electron chi connectivity index (χ4n) is 1.45. The average Bonchev–Trinajstić information content (AvgIpc) is 2.24. The molecule has 1 aromatic rings. The third-order valence-corrected chi connectivity index (χ3v) is 2.85. The van der Waals surface area contributed by atoms with Crippen LogP contribution < -0.4 is 5.32 Å². The Morgan fingerprint density at radius 2 is 1.76 bits per heavy atom. The van der Waals surface area contributed by atoms with E-state index in [2.05, 4.69) is 34.3 Å². The van der Waals surface area contributed by atoms with Crippen molar-refractivity contribution in [2.75, 3.05) is 32.5 Å². The van der Waals surface area contributed by atoms with E-state index in [-0.39, 0.29) is 0 Å².